The van der Waals surface area contributed by atoms with Crippen LogP contribution in [-0.2, 0) is 11.2 Å². The molecule has 3 rings (SSSR count). The molecule has 2 aliphatic rings. The molecule has 0 heterocycles. The van der Waals surface area contributed by atoms with Gasteiger partial charge < -0.3 is 5.11 Å². The Bertz CT molecular complexity index is 440. The molecule has 1 aromatic carbocycles. The van der Waals surface area contributed by atoms with Gasteiger partial charge in [-0.3, -0.25) is 4.79 Å². The fourth-order valence-electron chi connectivity index (χ4n) is 4.37. The molecule has 0 amide bonds. The van der Waals surface area contributed by atoms with Crippen molar-refractivity contribution in [1.29, 1.82) is 0 Å². The Morgan fingerprint density at radius 3 is 2.72 bits per heavy atom. The third-order valence-electron chi connectivity index (χ3n) is 5.02. The fourth-order valence-corrected chi connectivity index (χ4v) is 4.37. The second-order valence-electron chi connectivity index (χ2n) is 6.10. The van der Waals surface area contributed by atoms with Crippen LogP contribution in [0.25, 0.3) is 0 Å². The molecule has 1 N–H and O–H groups in total. The number of carboxylic acids is 1. The van der Waals surface area contributed by atoms with Crippen molar-refractivity contribution in [3.05, 3.63) is 35.9 Å². The first-order valence-electron chi connectivity index (χ1n) is 6.95. The molecule has 0 aromatic heterocycles. The molecule has 2 aliphatic carbocycles. The van der Waals surface area contributed by atoms with Crippen LogP contribution >= 0.6 is 0 Å². The monoisotopic (exact) mass is 244 g/mol. The van der Waals surface area contributed by atoms with Gasteiger partial charge in [-0.15, -0.1) is 0 Å². The summed E-state index contributed by atoms with van der Waals surface area (Å²) in [5.41, 5.74) is 1.35. The summed E-state index contributed by atoms with van der Waals surface area (Å²) >= 11 is 0. The smallest absolute Gasteiger partial charge is 0.303 e. The molecule has 2 nitrogen and oxygen atoms in total. The average Bonchev–Trinajstić information content (AvgIpc) is 2.72. The van der Waals surface area contributed by atoms with E-state index in [-0.39, 0.29) is 5.41 Å². The molecular weight excluding hydrogens is 224 g/mol. The maximum Gasteiger partial charge on any atom is 0.303 e. The number of aliphatic carboxylic acids is 1. The maximum absolute atomic E-state index is 11.2. The molecular formula is C16H20O2. The van der Waals surface area contributed by atoms with Gasteiger partial charge in [0, 0.05) is 0 Å². The van der Waals surface area contributed by atoms with Crippen molar-refractivity contribution in [3.8, 4) is 0 Å². The fraction of sp³-hybridized carbons (Fsp3) is 0.562. The molecule has 2 heteroatoms. The van der Waals surface area contributed by atoms with Crippen molar-refractivity contribution in [2.45, 2.75) is 38.5 Å². The Morgan fingerprint density at radius 1 is 1.28 bits per heavy atom. The van der Waals surface area contributed by atoms with E-state index in [0.717, 1.165) is 18.8 Å². The summed E-state index contributed by atoms with van der Waals surface area (Å²) in [6.07, 6.45) is 6.28. The Hall–Kier alpha value is -1.31. The second kappa shape index (κ2) is 4.42. The van der Waals surface area contributed by atoms with Gasteiger partial charge in [-0.2, -0.15) is 0 Å². The van der Waals surface area contributed by atoms with E-state index in [1.54, 1.807) is 0 Å². The highest BCUT2D eigenvalue weighted by atomic mass is 16.4. The standard InChI is InChI=1S/C16H20O2/c17-15(18)11-16(9-12-5-2-1-3-6-12)10-13-7-4-8-14(13)16/h1-3,5-6,13-14H,4,7-11H2,(H,17,18)/t13-,14-,16-/m0/s1. The van der Waals surface area contributed by atoms with Gasteiger partial charge in [-0.1, -0.05) is 43.2 Å². The van der Waals surface area contributed by atoms with Gasteiger partial charge in [0.2, 0.25) is 0 Å². The summed E-state index contributed by atoms with van der Waals surface area (Å²) in [6, 6.07) is 10.4. The molecule has 18 heavy (non-hydrogen) atoms. The van der Waals surface area contributed by atoms with Crippen LogP contribution in [-0.4, -0.2) is 11.1 Å². The Labute approximate surface area is 108 Å². The summed E-state index contributed by atoms with van der Waals surface area (Å²) < 4.78 is 0. The Morgan fingerprint density at radius 2 is 2.06 bits per heavy atom. The molecule has 0 saturated heterocycles. The molecule has 0 bridgehead atoms. The quantitative estimate of drug-likeness (QED) is 0.880. The minimum absolute atomic E-state index is 0.0500. The van der Waals surface area contributed by atoms with Gasteiger partial charge >= 0.3 is 5.97 Å². The van der Waals surface area contributed by atoms with E-state index in [1.165, 1.54) is 24.8 Å². The second-order valence-corrected chi connectivity index (χ2v) is 6.10. The van der Waals surface area contributed by atoms with Gasteiger partial charge in [0.15, 0.2) is 0 Å². The van der Waals surface area contributed by atoms with Crippen LogP contribution in [0.1, 0.15) is 37.7 Å². The minimum Gasteiger partial charge on any atom is -0.481 e. The van der Waals surface area contributed by atoms with Crippen molar-refractivity contribution in [2.75, 3.05) is 0 Å². The van der Waals surface area contributed by atoms with Crippen molar-refractivity contribution < 1.29 is 9.90 Å². The van der Waals surface area contributed by atoms with Gasteiger partial charge in [0.1, 0.15) is 0 Å². The SMILES string of the molecule is O=C(O)C[C@]1(Cc2ccccc2)C[C@@H]2CCC[C@@H]21. The lowest BCUT2D eigenvalue weighted by Crippen LogP contribution is -2.48. The zero-order valence-corrected chi connectivity index (χ0v) is 10.6. The largest absolute Gasteiger partial charge is 0.481 e. The molecule has 2 fully saturated rings. The van der Waals surface area contributed by atoms with Crippen molar-refractivity contribution >= 4 is 5.97 Å². The number of rotatable bonds is 4. The van der Waals surface area contributed by atoms with Crippen LogP contribution in [0.5, 0.6) is 0 Å². The summed E-state index contributed by atoms with van der Waals surface area (Å²) in [4.78, 5) is 11.2. The molecule has 0 aliphatic heterocycles. The minimum atomic E-state index is -0.628. The van der Waals surface area contributed by atoms with Crippen LogP contribution in [0.15, 0.2) is 30.3 Å². The molecule has 96 valence electrons. The van der Waals surface area contributed by atoms with Gasteiger partial charge in [0.05, 0.1) is 6.42 Å². The summed E-state index contributed by atoms with van der Waals surface area (Å²) in [5.74, 6) is 0.846. The van der Waals surface area contributed by atoms with Crippen LogP contribution in [0.3, 0.4) is 0 Å². The maximum atomic E-state index is 11.2. The van der Waals surface area contributed by atoms with Crippen molar-refractivity contribution in [2.24, 2.45) is 17.3 Å². The first-order valence-corrected chi connectivity index (χ1v) is 6.95. The third-order valence-corrected chi connectivity index (χ3v) is 5.02. The van der Waals surface area contributed by atoms with E-state index < -0.39 is 5.97 Å². The number of fused-ring (bicyclic) bond motifs is 1. The highest BCUT2D eigenvalue weighted by Gasteiger charge is 2.55. The highest BCUT2D eigenvalue weighted by Crippen LogP contribution is 2.62. The van der Waals surface area contributed by atoms with Crippen LogP contribution in [0, 0.1) is 17.3 Å². The van der Waals surface area contributed by atoms with E-state index >= 15 is 0 Å². The number of hydrogen-bond acceptors (Lipinski definition) is 1. The van der Waals surface area contributed by atoms with Crippen LogP contribution in [0.4, 0.5) is 0 Å². The van der Waals surface area contributed by atoms with Gasteiger partial charge in [0.25, 0.3) is 0 Å². The van der Waals surface area contributed by atoms with E-state index in [9.17, 15) is 9.90 Å². The van der Waals surface area contributed by atoms with E-state index in [1.807, 2.05) is 6.07 Å². The third kappa shape index (κ3) is 1.94. The number of hydrogen-bond donors (Lipinski definition) is 1. The molecule has 3 atom stereocenters. The number of carbonyl (C=O) groups is 1. The molecule has 0 radical (unpaired) electrons. The molecule has 0 unspecified atom stereocenters. The first-order chi connectivity index (χ1) is 8.70. The topological polar surface area (TPSA) is 37.3 Å². The number of benzene rings is 1. The normalized spacial score (nSPS) is 33.8. The lowest BCUT2D eigenvalue weighted by atomic mass is 9.51. The zero-order chi connectivity index (χ0) is 12.6. The first kappa shape index (κ1) is 11.8. The summed E-state index contributed by atoms with van der Waals surface area (Å²) in [5, 5.41) is 9.21. The van der Waals surface area contributed by atoms with Gasteiger partial charge in [-0.25, -0.2) is 0 Å². The predicted molar refractivity (Wildman–Crippen MR) is 70.3 cm³/mol. The number of carboxylic acid groups (broad SMARTS) is 1. The van der Waals surface area contributed by atoms with E-state index in [4.69, 9.17) is 0 Å². The molecule has 0 spiro atoms. The van der Waals surface area contributed by atoms with Crippen LogP contribution in [0.2, 0.25) is 0 Å². The molecule has 2 saturated carbocycles. The summed E-state index contributed by atoms with van der Waals surface area (Å²) in [7, 11) is 0. The van der Waals surface area contributed by atoms with E-state index in [2.05, 4.69) is 24.3 Å². The van der Waals surface area contributed by atoms with E-state index in [0.29, 0.717) is 12.3 Å². The Balaban J connectivity index is 1.81. The molecule has 1 aromatic rings. The lowest BCUT2D eigenvalue weighted by Gasteiger charge is -2.52. The highest BCUT2D eigenvalue weighted by molar-refractivity contribution is 5.68. The zero-order valence-electron chi connectivity index (χ0n) is 10.6. The van der Waals surface area contributed by atoms with Gasteiger partial charge in [-0.05, 0) is 42.1 Å². The van der Waals surface area contributed by atoms with Crippen LogP contribution < -0.4 is 0 Å². The predicted octanol–water partition coefficient (Wildman–Crippen LogP) is 3.51. The average molecular weight is 244 g/mol. The Kier molecular flexibility index (Phi) is 2.89. The summed E-state index contributed by atoms with van der Waals surface area (Å²) in [6.45, 7) is 0. The van der Waals surface area contributed by atoms with Crippen molar-refractivity contribution in [3.63, 3.8) is 0 Å². The lowest BCUT2D eigenvalue weighted by molar-refractivity contribution is -0.146. The van der Waals surface area contributed by atoms with Crippen molar-refractivity contribution in [1.82, 2.24) is 0 Å².